The number of aromatic nitrogens is 2. The van der Waals surface area contributed by atoms with E-state index in [4.69, 9.17) is 5.11 Å². The van der Waals surface area contributed by atoms with Crippen LogP contribution in [0.15, 0.2) is 5.16 Å². The zero-order valence-electron chi connectivity index (χ0n) is 13.1. The number of hydrogen-bond acceptors (Lipinski definition) is 4. The van der Waals surface area contributed by atoms with Crippen LogP contribution in [-0.2, 0) is 22.4 Å². The minimum atomic E-state index is -0.910. The van der Waals surface area contributed by atoms with E-state index in [2.05, 4.69) is 23.8 Å². The fourth-order valence-corrected chi connectivity index (χ4v) is 3.57. The van der Waals surface area contributed by atoms with Crippen molar-refractivity contribution in [1.29, 1.82) is 0 Å². The first-order chi connectivity index (χ1) is 10.6. The van der Waals surface area contributed by atoms with Gasteiger partial charge in [-0.1, -0.05) is 32.0 Å². The van der Waals surface area contributed by atoms with E-state index in [1.165, 1.54) is 16.7 Å². The normalized spacial score (nSPS) is 17.9. The maximum Gasteiger partial charge on any atom is 0.326 e. The summed E-state index contributed by atoms with van der Waals surface area (Å²) in [7, 11) is 0. The molecule has 1 fully saturated rings. The second-order valence-electron chi connectivity index (χ2n) is 5.44. The SMILES string of the molecule is CCCc1[nH]c(SCC(=O)N2CCCC2C(=O)O)nc1CC. The van der Waals surface area contributed by atoms with Crippen LogP contribution in [0.3, 0.4) is 0 Å². The highest BCUT2D eigenvalue weighted by Gasteiger charge is 2.33. The van der Waals surface area contributed by atoms with Gasteiger partial charge in [0.1, 0.15) is 6.04 Å². The predicted molar refractivity (Wildman–Crippen MR) is 85.1 cm³/mol. The summed E-state index contributed by atoms with van der Waals surface area (Å²) < 4.78 is 0. The molecule has 0 spiro atoms. The van der Waals surface area contributed by atoms with Crippen LogP contribution in [0.1, 0.15) is 44.5 Å². The maximum absolute atomic E-state index is 12.2. The van der Waals surface area contributed by atoms with Gasteiger partial charge >= 0.3 is 5.97 Å². The average molecular weight is 325 g/mol. The van der Waals surface area contributed by atoms with Gasteiger partial charge in [-0.3, -0.25) is 4.79 Å². The van der Waals surface area contributed by atoms with Crippen LogP contribution in [0.2, 0.25) is 0 Å². The first kappa shape index (κ1) is 16.9. The van der Waals surface area contributed by atoms with E-state index >= 15 is 0 Å². The molecule has 0 aromatic carbocycles. The Morgan fingerprint density at radius 3 is 2.86 bits per heavy atom. The van der Waals surface area contributed by atoms with Crippen molar-refractivity contribution in [3.63, 3.8) is 0 Å². The first-order valence-electron chi connectivity index (χ1n) is 7.79. The fourth-order valence-electron chi connectivity index (χ4n) is 2.77. The van der Waals surface area contributed by atoms with E-state index in [9.17, 15) is 9.59 Å². The van der Waals surface area contributed by atoms with Crippen LogP contribution in [0.25, 0.3) is 0 Å². The third-order valence-electron chi connectivity index (χ3n) is 3.87. The van der Waals surface area contributed by atoms with Crippen molar-refractivity contribution < 1.29 is 14.7 Å². The summed E-state index contributed by atoms with van der Waals surface area (Å²) in [6.07, 6.45) is 4.18. The molecule has 1 aromatic rings. The molecule has 122 valence electrons. The highest BCUT2D eigenvalue weighted by molar-refractivity contribution is 7.99. The van der Waals surface area contributed by atoms with Crippen LogP contribution in [0.5, 0.6) is 0 Å². The molecular formula is C15H23N3O3S. The average Bonchev–Trinajstić information content (AvgIpc) is 3.11. The van der Waals surface area contributed by atoms with Gasteiger partial charge in [0.15, 0.2) is 5.16 Å². The number of thioether (sulfide) groups is 1. The maximum atomic E-state index is 12.2. The van der Waals surface area contributed by atoms with Gasteiger partial charge < -0.3 is 15.0 Å². The van der Waals surface area contributed by atoms with Gasteiger partial charge in [0.2, 0.25) is 5.91 Å². The van der Waals surface area contributed by atoms with Crippen LogP contribution in [0, 0.1) is 0 Å². The molecule has 0 aliphatic carbocycles. The lowest BCUT2D eigenvalue weighted by Gasteiger charge is -2.20. The summed E-state index contributed by atoms with van der Waals surface area (Å²) in [5.74, 6) is -0.805. The molecule has 1 atom stereocenters. The number of aryl methyl sites for hydroxylation is 2. The molecule has 2 heterocycles. The van der Waals surface area contributed by atoms with Gasteiger partial charge in [-0.15, -0.1) is 0 Å². The zero-order chi connectivity index (χ0) is 16.1. The van der Waals surface area contributed by atoms with Gasteiger partial charge in [0, 0.05) is 12.2 Å². The molecule has 0 bridgehead atoms. The molecule has 1 aliphatic heterocycles. The third kappa shape index (κ3) is 3.82. The lowest BCUT2D eigenvalue weighted by atomic mass is 10.2. The highest BCUT2D eigenvalue weighted by atomic mass is 32.2. The van der Waals surface area contributed by atoms with E-state index in [1.54, 1.807) is 0 Å². The topological polar surface area (TPSA) is 86.3 Å². The van der Waals surface area contributed by atoms with Crippen LogP contribution >= 0.6 is 11.8 Å². The number of aromatic amines is 1. The number of carbonyl (C=O) groups excluding carboxylic acids is 1. The Bertz CT molecular complexity index is 544. The summed E-state index contributed by atoms with van der Waals surface area (Å²) in [5.41, 5.74) is 2.20. The Morgan fingerprint density at radius 2 is 2.23 bits per heavy atom. The molecular weight excluding hydrogens is 302 g/mol. The van der Waals surface area contributed by atoms with E-state index < -0.39 is 12.0 Å². The smallest absolute Gasteiger partial charge is 0.326 e. The van der Waals surface area contributed by atoms with E-state index in [0.717, 1.165) is 42.2 Å². The summed E-state index contributed by atoms with van der Waals surface area (Å²) >= 11 is 1.35. The third-order valence-corrected chi connectivity index (χ3v) is 4.73. The van der Waals surface area contributed by atoms with Crippen molar-refractivity contribution in [2.45, 2.75) is 57.1 Å². The number of imidazole rings is 1. The van der Waals surface area contributed by atoms with Crippen LogP contribution in [-0.4, -0.2) is 50.2 Å². The van der Waals surface area contributed by atoms with E-state index in [-0.39, 0.29) is 11.7 Å². The number of carboxylic acid groups (broad SMARTS) is 1. The number of likely N-dealkylation sites (tertiary alicyclic amines) is 1. The fraction of sp³-hybridized carbons (Fsp3) is 0.667. The molecule has 1 saturated heterocycles. The second kappa shape index (κ2) is 7.67. The number of nitrogens with zero attached hydrogens (tertiary/aromatic N) is 2. The Kier molecular flexibility index (Phi) is 5.88. The molecule has 1 amide bonds. The molecule has 1 unspecified atom stereocenters. The standard InChI is InChI=1S/C15H23N3O3S/c1-3-6-11-10(4-2)16-15(17-11)22-9-13(19)18-8-5-7-12(18)14(20)21/h12H,3-9H2,1-2H3,(H,16,17)(H,20,21). The molecule has 1 aliphatic rings. The number of nitrogens with one attached hydrogen (secondary N) is 1. The minimum Gasteiger partial charge on any atom is -0.480 e. The summed E-state index contributed by atoms with van der Waals surface area (Å²) in [6, 6.07) is -0.661. The second-order valence-corrected chi connectivity index (χ2v) is 6.41. The summed E-state index contributed by atoms with van der Waals surface area (Å²) in [6.45, 7) is 4.72. The molecule has 0 radical (unpaired) electrons. The summed E-state index contributed by atoms with van der Waals surface area (Å²) in [4.78, 5) is 32.6. The van der Waals surface area contributed by atoms with Crippen molar-refractivity contribution in [3.05, 3.63) is 11.4 Å². The van der Waals surface area contributed by atoms with Gasteiger partial charge in [-0.25, -0.2) is 9.78 Å². The van der Waals surface area contributed by atoms with Gasteiger partial charge in [-0.05, 0) is 25.7 Å². The van der Waals surface area contributed by atoms with Gasteiger partial charge in [0.05, 0.1) is 11.4 Å². The Labute approximate surface area is 134 Å². The number of rotatable bonds is 7. The minimum absolute atomic E-state index is 0.124. The number of carboxylic acids is 1. The predicted octanol–water partition coefficient (Wildman–Crippen LogP) is 2.09. The quantitative estimate of drug-likeness (QED) is 0.750. The van der Waals surface area contributed by atoms with E-state index in [0.29, 0.717) is 13.0 Å². The monoisotopic (exact) mass is 325 g/mol. The van der Waals surface area contributed by atoms with E-state index in [1.807, 2.05) is 0 Å². The van der Waals surface area contributed by atoms with Crippen LogP contribution in [0.4, 0.5) is 0 Å². The van der Waals surface area contributed by atoms with Crippen LogP contribution < -0.4 is 0 Å². The number of carbonyl (C=O) groups is 2. The number of amides is 1. The van der Waals surface area contributed by atoms with Gasteiger partial charge in [0.25, 0.3) is 0 Å². The summed E-state index contributed by atoms with van der Waals surface area (Å²) in [5, 5.41) is 9.88. The lowest BCUT2D eigenvalue weighted by molar-refractivity contribution is -0.147. The number of aliphatic carboxylic acids is 1. The molecule has 0 saturated carbocycles. The van der Waals surface area contributed by atoms with Crippen molar-refractivity contribution in [2.75, 3.05) is 12.3 Å². The number of H-pyrrole nitrogens is 1. The first-order valence-corrected chi connectivity index (χ1v) is 8.78. The lowest BCUT2D eigenvalue weighted by Crippen LogP contribution is -2.41. The largest absolute Gasteiger partial charge is 0.480 e. The molecule has 6 nitrogen and oxygen atoms in total. The molecule has 7 heteroatoms. The molecule has 2 rings (SSSR count). The van der Waals surface area contributed by atoms with Crippen molar-refractivity contribution in [1.82, 2.24) is 14.9 Å². The van der Waals surface area contributed by atoms with Gasteiger partial charge in [-0.2, -0.15) is 0 Å². The molecule has 2 N–H and O–H groups in total. The molecule has 1 aromatic heterocycles. The van der Waals surface area contributed by atoms with Crippen molar-refractivity contribution >= 4 is 23.6 Å². The van der Waals surface area contributed by atoms with Crippen molar-refractivity contribution in [3.8, 4) is 0 Å². The highest BCUT2D eigenvalue weighted by Crippen LogP contribution is 2.22. The zero-order valence-corrected chi connectivity index (χ0v) is 13.9. The van der Waals surface area contributed by atoms with Crippen molar-refractivity contribution in [2.24, 2.45) is 0 Å². The Balaban J connectivity index is 1.95. The molecule has 22 heavy (non-hydrogen) atoms. The Hall–Kier alpha value is -1.50. The Morgan fingerprint density at radius 1 is 1.45 bits per heavy atom. The number of hydrogen-bond donors (Lipinski definition) is 2.